The van der Waals surface area contributed by atoms with Crippen molar-refractivity contribution >= 4 is 11.9 Å². The van der Waals surface area contributed by atoms with E-state index in [1.165, 1.54) is 32.1 Å². The van der Waals surface area contributed by atoms with Crippen LogP contribution in [-0.2, 0) is 19.1 Å². The van der Waals surface area contributed by atoms with Crippen molar-refractivity contribution in [3.05, 3.63) is 0 Å². The van der Waals surface area contributed by atoms with Crippen molar-refractivity contribution in [2.24, 2.45) is 11.8 Å². The molecule has 28 heavy (non-hydrogen) atoms. The lowest BCUT2D eigenvalue weighted by atomic mass is 9.86. The second-order valence-corrected chi connectivity index (χ2v) is 8.35. The number of hydrogen-bond acceptors (Lipinski definition) is 4. The van der Waals surface area contributed by atoms with Gasteiger partial charge in [0.2, 0.25) is 0 Å². The Morgan fingerprint density at radius 3 is 1.68 bits per heavy atom. The van der Waals surface area contributed by atoms with Crippen LogP contribution in [0, 0.1) is 11.8 Å². The number of carbonyl (C=O) groups is 2. The normalized spacial score (nSPS) is 12.2. The first-order valence-electron chi connectivity index (χ1n) is 11.8. The van der Waals surface area contributed by atoms with Crippen LogP contribution in [0.4, 0.5) is 0 Å². The third kappa shape index (κ3) is 17.1. The van der Waals surface area contributed by atoms with Gasteiger partial charge in [0.05, 0.1) is 13.2 Å². The highest BCUT2D eigenvalue weighted by Crippen LogP contribution is 2.24. The number of ether oxygens (including phenoxy) is 2. The van der Waals surface area contributed by atoms with Crippen LogP contribution in [0.2, 0.25) is 0 Å². The third-order valence-electron chi connectivity index (χ3n) is 5.39. The van der Waals surface area contributed by atoms with E-state index in [0.717, 1.165) is 44.9 Å². The summed E-state index contributed by atoms with van der Waals surface area (Å²) < 4.78 is 10.4. The maximum atomic E-state index is 11.8. The van der Waals surface area contributed by atoms with E-state index in [9.17, 15) is 9.59 Å². The molecule has 0 aliphatic heterocycles. The van der Waals surface area contributed by atoms with Crippen molar-refractivity contribution in [1.82, 2.24) is 0 Å². The SMILES string of the molecule is CCCCOC(=O)CCCCCCCCC(CCC(=O)OCCCC)C(C)C. The van der Waals surface area contributed by atoms with E-state index in [0.29, 0.717) is 37.9 Å². The highest BCUT2D eigenvalue weighted by molar-refractivity contribution is 5.69. The van der Waals surface area contributed by atoms with E-state index in [4.69, 9.17) is 9.47 Å². The van der Waals surface area contributed by atoms with Crippen LogP contribution in [0.5, 0.6) is 0 Å². The van der Waals surface area contributed by atoms with E-state index in [1.807, 2.05) is 0 Å². The highest BCUT2D eigenvalue weighted by Gasteiger charge is 2.15. The molecule has 1 atom stereocenters. The Morgan fingerprint density at radius 1 is 0.643 bits per heavy atom. The molecule has 0 bridgehead atoms. The molecule has 0 spiro atoms. The molecule has 0 saturated carbocycles. The molecule has 0 aromatic rings. The fraction of sp³-hybridized carbons (Fsp3) is 0.917. The van der Waals surface area contributed by atoms with Gasteiger partial charge < -0.3 is 9.47 Å². The van der Waals surface area contributed by atoms with Crippen LogP contribution < -0.4 is 0 Å². The first-order valence-corrected chi connectivity index (χ1v) is 11.8. The highest BCUT2D eigenvalue weighted by atomic mass is 16.5. The topological polar surface area (TPSA) is 52.6 Å². The summed E-state index contributed by atoms with van der Waals surface area (Å²) in [5.41, 5.74) is 0. The first-order chi connectivity index (χ1) is 13.5. The van der Waals surface area contributed by atoms with Crippen molar-refractivity contribution in [3.8, 4) is 0 Å². The molecule has 0 aliphatic rings. The number of carbonyl (C=O) groups excluding carboxylic acids is 2. The number of rotatable bonds is 19. The molecule has 1 unspecified atom stereocenters. The Hall–Kier alpha value is -1.06. The van der Waals surface area contributed by atoms with E-state index in [2.05, 4.69) is 27.7 Å². The largest absolute Gasteiger partial charge is 0.466 e. The Balaban J connectivity index is 3.66. The molecule has 0 heterocycles. The summed E-state index contributed by atoms with van der Waals surface area (Å²) in [6.07, 6.45) is 14.3. The van der Waals surface area contributed by atoms with Gasteiger partial charge in [-0.15, -0.1) is 0 Å². The fourth-order valence-corrected chi connectivity index (χ4v) is 3.30. The van der Waals surface area contributed by atoms with E-state index in [1.54, 1.807) is 0 Å². The van der Waals surface area contributed by atoms with Gasteiger partial charge in [0.25, 0.3) is 0 Å². The van der Waals surface area contributed by atoms with Gasteiger partial charge in [0.15, 0.2) is 0 Å². The molecule has 0 rings (SSSR count). The minimum atomic E-state index is -0.0403. The molecular weight excluding hydrogens is 352 g/mol. The summed E-state index contributed by atoms with van der Waals surface area (Å²) in [4.78, 5) is 23.3. The van der Waals surface area contributed by atoms with Gasteiger partial charge in [-0.25, -0.2) is 0 Å². The van der Waals surface area contributed by atoms with Gasteiger partial charge in [0, 0.05) is 12.8 Å². The Kier molecular flexibility index (Phi) is 18.5. The van der Waals surface area contributed by atoms with Crippen LogP contribution >= 0.6 is 0 Å². The average molecular weight is 399 g/mol. The molecule has 0 radical (unpaired) electrons. The zero-order chi connectivity index (χ0) is 21.0. The van der Waals surface area contributed by atoms with Crippen LogP contribution in [0.3, 0.4) is 0 Å². The van der Waals surface area contributed by atoms with Crippen LogP contribution in [0.1, 0.15) is 118 Å². The Bertz CT molecular complexity index is 379. The Morgan fingerprint density at radius 2 is 1.14 bits per heavy atom. The maximum Gasteiger partial charge on any atom is 0.305 e. The van der Waals surface area contributed by atoms with E-state index < -0.39 is 0 Å². The molecule has 0 aliphatic carbocycles. The van der Waals surface area contributed by atoms with Gasteiger partial charge in [-0.05, 0) is 37.5 Å². The van der Waals surface area contributed by atoms with E-state index in [-0.39, 0.29) is 11.9 Å². The smallest absolute Gasteiger partial charge is 0.305 e. The van der Waals surface area contributed by atoms with Gasteiger partial charge in [0.1, 0.15) is 0 Å². The quantitative estimate of drug-likeness (QED) is 0.176. The zero-order valence-electron chi connectivity index (χ0n) is 19.1. The molecule has 0 amide bonds. The summed E-state index contributed by atoms with van der Waals surface area (Å²) in [5, 5.41) is 0. The molecule has 0 aromatic carbocycles. The van der Waals surface area contributed by atoms with Crippen LogP contribution in [-0.4, -0.2) is 25.2 Å². The lowest BCUT2D eigenvalue weighted by Gasteiger charge is -2.20. The van der Waals surface area contributed by atoms with Crippen molar-refractivity contribution in [3.63, 3.8) is 0 Å². The maximum absolute atomic E-state index is 11.8. The van der Waals surface area contributed by atoms with Gasteiger partial charge in [-0.3, -0.25) is 9.59 Å². The van der Waals surface area contributed by atoms with Crippen LogP contribution in [0.25, 0.3) is 0 Å². The molecule has 0 saturated heterocycles. The summed E-state index contributed by atoms with van der Waals surface area (Å²) in [5.74, 6) is 1.15. The van der Waals surface area contributed by atoms with E-state index >= 15 is 0 Å². The summed E-state index contributed by atoms with van der Waals surface area (Å²) in [6.45, 7) is 9.85. The number of unbranched alkanes of at least 4 members (excludes halogenated alkanes) is 7. The predicted octanol–water partition coefficient (Wildman–Crippen LogP) is 6.85. The molecule has 0 N–H and O–H groups in total. The lowest BCUT2D eigenvalue weighted by molar-refractivity contribution is -0.145. The van der Waals surface area contributed by atoms with Gasteiger partial charge >= 0.3 is 11.9 Å². The first kappa shape index (κ1) is 26.9. The summed E-state index contributed by atoms with van der Waals surface area (Å²) in [6, 6.07) is 0. The molecule has 4 nitrogen and oxygen atoms in total. The monoisotopic (exact) mass is 398 g/mol. The number of hydrogen-bond donors (Lipinski definition) is 0. The van der Waals surface area contributed by atoms with Crippen molar-refractivity contribution < 1.29 is 19.1 Å². The minimum Gasteiger partial charge on any atom is -0.466 e. The van der Waals surface area contributed by atoms with Crippen molar-refractivity contribution in [2.75, 3.05) is 13.2 Å². The average Bonchev–Trinajstić information content (AvgIpc) is 2.66. The standard InChI is InChI=1S/C24H46O4/c1-5-7-19-27-23(25)16-14-12-10-9-11-13-15-22(21(3)4)17-18-24(26)28-20-8-6-2/h21-22H,5-20H2,1-4H3. The fourth-order valence-electron chi connectivity index (χ4n) is 3.30. The van der Waals surface area contributed by atoms with Crippen molar-refractivity contribution in [2.45, 2.75) is 118 Å². The lowest BCUT2D eigenvalue weighted by Crippen LogP contribution is -2.13. The summed E-state index contributed by atoms with van der Waals surface area (Å²) >= 11 is 0. The minimum absolute atomic E-state index is 0.0349. The Labute approximate surface area is 174 Å². The predicted molar refractivity (Wildman–Crippen MR) is 116 cm³/mol. The molecule has 0 aromatic heterocycles. The zero-order valence-corrected chi connectivity index (χ0v) is 19.1. The van der Waals surface area contributed by atoms with Gasteiger partial charge in [-0.1, -0.05) is 79.1 Å². The molecule has 166 valence electrons. The second kappa shape index (κ2) is 19.3. The molecule has 0 fully saturated rings. The second-order valence-electron chi connectivity index (χ2n) is 8.35. The molecular formula is C24H46O4. The van der Waals surface area contributed by atoms with Crippen LogP contribution in [0.15, 0.2) is 0 Å². The molecule has 4 heteroatoms. The van der Waals surface area contributed by atoms with Gasteiger partial charge in [-0.2, -0.15) is 0 Å². The van der Waals surface area contributed by atoms with Crippen molar-refractivity contribution in [1.29, 1.82) is 0 Å². The third-order valence-corrected chi connectivity index (χ3v) is 5.39. The number of esters is 2. The summed E-state index contributed by atoms with van der Waals surface area (Å²) in [7, 11) is 0.